The molecule has 142 valence electrons. The predicted octanol–water partition coefficient (Wildman–Crippen LogP) is 4.01. The van der Waals surface area contributed by atoms with Gasteiger partial charge in [-0.05, 0) is 43.2 Å². The predicted molar refractivity (Wildman–Crippen MR) is 101 cm³/mol. The van der Waals surface area contributed by atoms with E-state index in [0.29, 0.717) is 28.9 Å². The molecule has 3 rings (SSSR count). The van der Waals surface area contributed by atoms with Gasteiger partial charge in [-0.3, -0.25) is 4.90 Å². The summed E-state index contributed by atoms with van der Waals surface area (Å²) in [5.74, 6) is 1.36. The summed E-state index contributed by atoms with van der Waals surface area (Å²) in [5.41, 5.74) is 0. The Labute approximate surface area is 163 Å². The minimum absolute atomic E-state index is 0.140. The highest BCUT2D eigenvalue weighted by Crippen LogP contribution is 2.27. The van der Waals surface area contributed by atoms with Crippen LogP contribution in [-0.4, -0.2) is 48.5 Å². The maximum Gasteiger partial charge on any atom is 0.138 e. The van der Waals surface area contributed by atoms with Crippen LogP contribution in [0.2, 0.25) is 10.0 Å². The van der Waals surface area contributed by atoms with Crippen molar-refractivity contribution in [1.82, 2.24) is 4.90 Å². The number of benzene rings is 1. The van der Waals surface area contributed by atoms with Gasteiger partial charge in [0, 0.05) is 24.7 Å². The molecule has 1 aromatic heterocycles. The number of nitrogens with zero attached hydrogens (tertiary/aromatic N) is 1. The lowest BCUT2D eigenvalue weighted by molar-refractivity contribution is 0.0290. The summed E-state index contributed by atoms with van der Waals surface area (Å²) in [6.07, 6.45) is 3.31. The van der Waals surface area contributed by atoms with E-state index >= 15 is 0 Å². The van der Waals surface area contributed by atoms with Gasteiger partial charge in [-0.2, -0.15) is 0 Å². The highest BCUT2D eigenvalue weighted by molar-refractivity contribution is 6.35. The van der Waals surface area contributed by atoms with Gasteiger partial charge in [0.1, 0.15) is 24.2 Å². The second-order valence-corrected chi connectivity index (χ2v) is 7.29. The Morgan fingerprint density at radius 1 is 1.31 bits per heavy atom. The summed E-state index contributed by atoms with van der Waals surface area (Å²) in [6, 6.07) is 8.81. The fraction of sp³-hybridized carbons (Fsp3) is 0.474. The third-order valence-corrected chi connectivity index (χ3v) is 4.77. The van der Waals surface area contributed by atoms with E-state index in [-0.39, 0.29) is 12.7 Å². The topological polar surface area (TPSA) is 55.1 Å². The number of hydrogen-bond donors (Lipinski definition) is 1. The first-order valence-electron chi connectivity index (χ1n) is 8.72. The molecule has 0 aliphatic carbocycles. The summed E-state index contributed by atoms with van der Waals surface area (Å²) >= 11 is 12.0. The molecule has 0 saturated carbocycles. The van der Waals surface area contributed by atoms with Crippen LogP contribution >= 0.6 is 23.2 Å². The summed E-state index contributed by atoms with van der Waals surface area (Å²) in [6.45, 7) is 2.76. The molecule has 2 unspecified atom stereocenters. The lowest BCUT2D eigenvalue weighted by atomic mass is 10.2. The Morgan fingerprint density at radius 3 is 2.88 bits per heavy atom. The Balaban J connectivity index is 1.54. The first kappa shape index (κ1) is 19.5. The number of halogens is 2. The van der Waals surface area contributed by atoms with E-state index in [1.54, 1.807) is 24.5 Å². The summed E-state index contributed by atoms with van der Waals surface area (Å²) < 4.78 is 16.8. The van der Waals surface area contributed by atoms with Crippen LogP contribution in [0.15, 0.2) is 41.0 Å². The van der Waals surface area contributed by atoms with Gasteiger partial charge in [0.05, 0.1) is 23.9 Å². The first-order valence-corrected chi connectivity index (χ1v) is 9.48. The molecule has 0 spiro atoms. The van der Waals surface area contributed by atoms with E-state index in [2.05, 4.69) is 4.90 Å². The van der Waals surface area contributed by atoms with Crippen LogP contribution in [0.25, 0.3) is 0 Å². The Hall–Kier alpha value is -1.24. The number of ether oxygens (including phenoxy) is 2. The zero-order chi connectivity index (χ0) is 18.4. The van der Waals surface area contributed by atoms with Crippen molar-refractivity contribution in [2.75, 3.05) is 26.3 Å². The van der Waals surface area contributed by atoms with Gasteiger partial charge in [0.2, 0.25) is 0 Å². The standard InChI is InChI=1S/C19H23Cl2NO4/c20-14-5-6-19(18(21)9-14)26-13-15(23)10-22(11-16-3-1-7-24-16)12-17-4-2-8-25-17/h1,3,5-7,9,15,17,23H,2,4,8,10-13H2. The maximum absolute atomic E-state index is 10.4. The van der Waals surface area contributed by atoms with Crippen molar-refractivity contribution in [3.05, 3.63) is 52.4 Å². The van der Waals surface area contributed by atoms with Crippen LogP contribution in [0.4, 0.5) is 0 Å². The maximum atomic E-state index is 10.4. The molecular weight excluding hydrogens is 377 g/mol. The molecule has 1 aromatic carbocycles. The van der Waals surface area contributed by atoms with E-state index in [1.165, 1.54) is 0 Å². The molecule has 7 heteroatoms. The van der Waals surface area contributed by atoms with Crippen molar-refractivity contribution in [2.24, 2.45) is 0 Å². The van der Waals surface area contributed by atoms with Gasteiger partial charge < -0.3 is 19.0 Å². The molecule has 1 aliphatic heterocycles. The molecule has 26 heavy (non-hydrogen) atoms. The average molecular weight is 400 g/mol. The van der Waals surface area contributed by atoms with Crippen molar-refractivity contribution in [1.29, 1.82) is 0 Å². The second-order valence-electron chi connectivity index (χ2n) is 6.45. The van der Waals surface area contributed by atoms with Crippen LogP contribution in [-0.2, 0) is 11.3 Å². The zero-order valence-electron chi connectivity index (χ0n) is 14.4. The molecule has 0 bridgehead atoms. The number of furan rings is 1. The molecular formula is C19H23Cl2NO4. The summed E-state index contributed by atoms with van der Waals surface area (Å²) in [7, 11) is 0. The average Bonchev–Trinajstić information content (AvgIpc) is 3.28. The number of rotatable bonds is 9. The fourth-order valence-electron chi connectivity index (χ4n) is 3.03. The van der Waals surface area contributed by atoms with Crippen LogP contribution < -0.4 is 4.74 Å². The molecule has 2 atom stereocenters. The number of hydrogen-bond acceptors (Lipinski definition) is 5. The highest BCUT2D eigenvalue weighted by Gasteiger charge is 2.22. The van der Waals surface area contributed by atoms with Gasteiger partial charge in [-0.25, -0.2) is 0 Å². The van der Waals surface area contributed by atoms with Gasteiger partial charge in [0.15, 0.2) is 0 Å². The third-order valence-electron chi connectivity index (χ3n) is 4.24. The molecule has 2 heterocycles. The van der Waals surface area contributed by atoms with E-state index in [9.17, 15) is 5.11 Å². The largest absolute Gasteiger partial charge is 0.489 e. The minimum Gasteiger partial charge on any atom is -0.489 e. The van der Waals surface area contributed by atoms with Crippen molar-refractivity contribution in [3.63, 3.8) is 0 Å². The Bertz CT molecular complexity index is 674. The van der Waals surface area contributed by atoms with Crippen LogP contribution in [0, 0.1) is 0 Å². The lowest BCUT2D eigenvalue weighted by Crippen LogP contribution is -2.39. The minimum atomic E-state index is -0.668. The zero-order valence-corrected chi connectivity index (χ0v) is 16.0. The normalized spacial score (nSPS) is 18.4. The lowest BCUT2D eigenvalue weighted by Gasteiger charge is -2.26. The number of aliphatic hydroxyl groups is 1. The quantitative estimate of drug-likeness (QED) is 0.690. The molecule has 1 saturated heterocycles. The van der Waals surface area contributed by atoms with Crippen molar-refractivity contribution >= 4 is 23.2 Å². The van der Waals surface area contributed by atoms with Gasteiger partial charge in [-0.15, -0.1) is 0 Å². The van der Waals surface area contributed by atoms with E-state index in [1.807, 2.05) is 12.1 Å². The second kappa shape index (κ2) is 9.62. The van der Waals surface area contributed by atoms with E-state index in [0.717, 1.165) is 31.8 Å². The molecule has 1 N–H and O–H groups in total. The third kappa shape index (κ3) is 5.89. The molecule has 0 radical (unpaired) electrons. The smallest absolute Gasteiger partial charge is 0.138 e. The van der Waals surface area contributed by atoms with Gasteiger partial charge in [0.25, 0.3) is 0 Å². The number of aliphatic hydroxyl groups excluding tert-OH is 1. The van der Waals surface area contributed by atoms with Crippen LogP contribution in [0.3, 0.4) is 0 Å². The summed E-state index contributed by atoms with van der Waals surface area (Å²) in [5, 5.41) is 11.4. The molecule has 1 fully saturated rings. The molecule has 1 aliphatic rings. The van der Waals surface area contributed by atoms with Crippen LogP contribution in [0.1, 0.15) is 18.6 Å². The van der Waals surface area contributed by atoms with E-state index < -0.39 is 6.10 Å². The first-order chi connectivity index (χ1) is 12.6. The fourth-order valence-corrected chi connectivity index (χ4v) is 3.49. The van der Waals surface area contributed by atoms with Crippen LogP contribution in [0.5, 0.6) is 5.75 Å². The van der Waals surface area contributed by atoms with E-state index in [4.69, 9.17) is 37.1 Å². The van der Waals surface area contributed by atoms with Crippen molar-refractivity contribution < 1.29 is 19.0 Å². The molecule has 5 nitrogen and oxygen atoms in total. The Kier molecular flexibility index (Phi) is 7.23. The monoisotopic (exact) mass is 399 g/mol. The SMILES string of the molecule is OC(COc1ccc(Cl)cc1Cl)CN(Cc1ccco1)CC1CCCO1. The molecule has 0 amide bonds. The van der Waals surface area contributed by atoms with Crippen molar-refractivity contribution in [2.45, 2.75) is 31.6 Å². The molecule has 2 aromatic rings. The van der Waals surface area contributed by atoms with Crippen molar-refractivity contribution in [3.8, 4) is 5.75 Å². The summed E-state index contributed by atoms with van der Waals surface area (Å²) in [4.78, 5) is 2.13. The highest BCUT2D eigenvalue weighted by atomic mass is 35.5. The van der Waals surface area contributed by atoms with Gasteiger partial charge in [-0.1, -0.05) is 23.2 Å². The van der Waals surface area contributed by atoms with Gasteiger partial charge >= 0.3 is 0 Å². The Morgan fingerprint density at radius 2 is 2.19 bits per heavy atom.